The number of hydrogen-bond acceptors (Lipinski definition) is 3. The maximum atomic E-state index is 11.6. The van der Waals surface area contributed by atoms with Crippen LogP contribution in [-0.4, -0.2) is 17.1 Å². The summed E-state index contributed by atoms with van der Waals surface area (Å²) in [5.74, 6) is -0.374. The highest BCUT2D eigenvalue weighted by Gasteiger charge is 2.10. The number of ether oxygens (including phenoxy) is 1. The normalized spacial score (nSPS) is 10.7. The largest absolute Gasteiger partial charge is 0.458 e. The predicted molar refractivity (Wildman–Crippen MR) is 62.3 cm³/mol. The molecule has 1 aromatic heterocycles. The van der Waals surface area contributed by atoms with Gasteiger partial charge in [-0.25, -0.2) is 9.78 Å². The van der Waals surface area contributed by atoms with Gasteiger partial charge in [-0.1, -0.05) is 24.3 Å². The van der Waals surface area contributed by atoms with Crippen molar-refractivity contribution in [2.75, 3.05) is 0 Å². The molecule has 3 heteroatoms. The predicted octanol–water partition coefficient (Wildman–Crippen LogP) is 2.80. The number of pyridine rings is 1. The summed E-state index contributed by atoms with van der Waals surface area (Å²) in [6.45, 7) is 3.64. The minimum Gasteiger partial charge on any atom is -0.458 e. The second-order valence-electron chi connectivity index (χ2n) is 3.84. The first kappa shape index (κ1) is 10.6. The van der Waals surface area contributed by atoms with E-state index < -0.39 is 0 Å². The van der Waals surface area contributed by atoms with Gasteiger partial charge in [-0.05, 0) is 26.0 Å². The molecule has 0 bridgehead atoms. The van der Waals surface area contributed by atoms with Gasteiger partial charge in [-0.15, -0.1) is 0 Å². The average molecular weight is 215 g/mol. The molecular weight excluding hydrogens is 202 g/mol. The van der Waals surface area contributed by atoms with E-state index in [0.29, 0.717) is 5.69 Å². The second kappa shape index (κ2) is 4.31. The molecule has 0 fully saturated rings. The van der Waals surface area contributed by atoms with Gasteiger partial charge in [0.2, 0.25) is 0 Å². The lowest BCUT2D eigenvalue weighted by molar-refractivity contribution is 0.0371. The summed E-state index contributed by atoms with van der Waals surface area (Å²) in [6.07, 6.45) is -0.124. The fourth-order valence-corrected chi connectivity index (χ4v) is 1.45. The van der Waals surface area contributed by atoms with Gasteiger partial charge in [-0.3, -0.25) is 0 Å². The van der Waals surface area contributed by atoms with Gasteiger partial charge < -0.3 is 4.74 Å². The number of nitrogens with zero attached hydrogens (tertiary/aromatic N) is 1. The maximum absolute atomic E-state index is 11.6. The molecule has 0 N–H and O–H groups in total. The van der Waals surface area contributed by atoms with Gasteiger partial charge in [0.15, 0.2) is 0 Å². The summed E-state index contributed by atoms with van der Waals surface area (Å²) in [4.78, 5) is 15.9. The zero-order chi connectivity index (χ0) is 11.5. The van der Waals surface area contributed by atoms with Crippen molar-refractivity contribution in [1.29, 1.82) is 0 Å². The fraction of sp³-hybridized carbons (Fsp3) is 0.231. The van der Waals surface area contributed by atoms with Crippen LogP contribution in [-0.2, 0) is 4.74 Å². The Balaban J connectivity index is 2.35. The highest BCUT2D eigenvalue weighted by atomic mass is 16.5. The maximum Gasteiger partial charge on any atom is 0.357 e. The molecule has 0 unspecified atom stereocenters. The highest BCUT2D eigenvalue weighted by Crippen LogP contribution is 2.12. The zero-order valence-electron chi connectivity index (χ0n) is 9.31. The Hall–Kier alpha value is -1.90. The summed E-state index contributed by atoms with van der Waals surface area (Å²) in [6, 6.07) is 11.2. The van der Waals surface area contributed by atoms with Crippen molar-refractivity contribution in [2.24, 2.45) is 0 Å². The summed E-state index contributed by atoms with van der Waals surface area (Å²) >= 11 is 0. The van der Waals surface area contributed by atoms with Gasteiger partial charge >= 0.3 is 5.97 Å². The van der Waals surface area contributed by atoms with Gasteiger partial charge in [0.05, 0.1) is 11.6 Å². The van der Waals surface area contributed by atoms with E-state index in [1.54, 1.807) is 6.07 Å². The molecule has 0 aliphatic heterocycles. The number of esters is 1. The van der Waals surface area contributed by atoms with Crippen molar-refractivity contribution in [3.8, 4) is 0 Å². The number of hydrogen-bond donors (Lipinski definition) is 0. The Morgan fingerprint density at radius 1 is 1.19 bits per heavy atom. The van der Waals surface area contributed by atoms with Crippen molar-refractivity contribution in [3.05, 3.63) is 42.1 Å². The number of carbonyl (C=O) groups is 1. The van der Waals surface area contributed by atoms with E-state index in [1.807, 2.05) is 44.2 Å². The van der Waals surface area contributed by atoms with Gasteiger partial charge in [-0.2, -0.15) is 0 Å². The van der Waals surface area contributed by atoms with E-state index >= 15 is 0 Å². The van der Waals surface area contributed by atoms with Crippen LogP contribution in [0.15, 0.2) is 36.4 Å². The first-order valence-corrected chi connectivity index (χ1v) is 5.23. The Labute approximate surface area is 94.1 Å². The van der Waals surface area contributed by atoms with Gasteiger partial charge in [0.25, 0.3) is 0 Å². The van der Waals surface area contributed by atoms with Crippen LogP contribution >= 0.6 is 0 Å². The molecular formula is C13H13NO2. The molecule has 16 heavy (non-hydrogen) atoms. The minimum absolute atomic E-state index is 0.124. The van der Waals surface area contributed by atoms with Gasteiger partial charge in [0, 0.05) is 5.39 Å². The monoisotopic (exact) mass is 215 g/mol. The smallest absolute Gasteiger partial charge is 0.357 e. The third-order valence-electron chi connectivity index (χ3n) is 2.15. The fourth-order valence-electron chi connectivity index (χ4n) is 1.45. The summed E-state index contributed by atoms with van der Waals surface area (Å²) in [5, 5.41) is 1.02. The lowest BCUT2D eigenvalue weighted by atomic mass is 10.2. The molecule has 0 atom stereocenters. The number of aromatic nitrogens is 1. The molecule has 0 radical (unpaired) electrons. The topological polar surface area (TPSA) is 39.2 Å². The number of rotatable bonds is 2. The molecule has 0 spiro atoms. The third kappa shape index (κ3) is 2.19. The first-order valence-electron chi connectivity index (χ1n) is 5.23. The second-order valence-corrected chi connectivity index (χ2v) is 3.84. The zero-order valence-corrected chi connectivity index (χ0v) is 9.31. The molecule has 1 heterocycles. The standard InChI is InChI=1S/C13H13NO2/c1-9(2)16-13(15)12-8-7-10-5-3-4-6-11(10)14-12/h3-9H,1-2H3. The van der Waals surface area contributed by atoms with Crippen molar-refractivity contribution >= 4 is 16.9 Å². The molecule has 0 saturated carbocycles. The molecule has 82 valence electrons. The van der Waals surface area contributed by atoms with Crippen molar-refractivity contribution < 1.29 is 9.53 Å². The van der Waals surface area contributed by atoms with E-state index in [2.05, 4.69) is 4.98 Å². The van der Waals surface area contributed by atoms with Crippen LogP contribution < -0.4 is 0 Å². The Bertz CT molecular complexity index is 520. The van der Waals surface area contributed by atoms with Crippen molar-refractivity contribution in [3.63, 3.8) is 0 Å². The van der Waals surface area contributed by atoms with E-state index in [1.165, 1.54) is 0 Å². The molecule has 0 amide bonds. The highest BCUT2D eigenvalue weighted by molar-refractivity contribution is 5.91. The minimum atomic E-state index is -0.374. The van der Waals surface area contributed by atoms with Crippen molar-refractivity contribution in [1.82, 2.24) is 4.98 Å². The quantitative estimate of drug-likeness (QED) is 0.723. The van der Waals surface area contributed by atoms with Gasteiger partial charge in [0.1, 0.15) is 5.69 Å². The van der Waals surface area contributed by atoms with E-state index in [9.17, 15) is 4.79 Å². The van der Waals surface area contributed by atoms with Crippen LogP contribution in [0.3, 0.4) is 0 Å². The van der Waals surface area contributed by atoms with Crippen LogP contribution in [0.5, 0.6) is 0 Å². The number of carbonyl (C=O) groups excluding carboxylic acids is 1. The summed E-state index contributed by atoms with van der Waals surface area (Å²) in [7, 11) is 0. The van der Waals surface area contributed by atoms with Crippen molar-refractivity contribution in [2.45, 2.75) is 20.0 Å². The molecule has 0 saturated heterocycles. The number of fused-ring (bicyclic) bond motifs is 1. The molecule has 3 nitrogen and oxygen atoms in total. The van der Waals surface area contributed by atoms with E-state index in [-0.39, 0.29) is 12.1 Å². The molecule has 2 rings (SSSR count). The van der Waals surface area contributed by atoms with Crippen LogP contribution in [0.1, 0.15) is 24.3 Å². The number of para-hydroxylation sites is 1. The van der Waals surface area contributed by atoms with Crippen LogP contribution in [0.25, 0.3) is 10.9 Å². The van der Waals surface area contributed by atoms with Crippen LogP contribution in [0.4, 0.5) is 0 Å². The summed E-state index contributed by atoms with van der Waals surface area (Å²) < 4.78 is 5.08. The van der Waals surface area contributed by atoms with Crippen LogP contribution in [0, 0.1) is 0 Å². The third-order valence-corrected chi connectivity index (χ3v) is 2.15. The first-order chi connectivity index (χ1) is 7.66. The van der Waals surface area contributed by atoms with Crippen LogP contribution in [0.2, 0.25) is 0 Å². The SMILES string of the molecule is CC(C)OC(=O)c1ccc2ccccc2n1. The van der Waals surface area contributed by atoms with E-state index in [0.717, 1.165) is 10.9 Å². The summed E-state index contributed by atoms with van der Waals surface area (Å²) in [5.41, 5.74) is 1.16. The lowest BCUT2D eigenvalue weighted by Gasteiger charge is -2.07. The molecule has 0 aliphatic rings. The Morgan fingerprint density at radius 3 is 2.69 bits per heavy atom. The average Bonchev–Trinajstić information content (AvgIpc) is 2.27. The lowest BCUT2D eigenvalue weighted by Crippen LogP contribution is -2.12. The molecule has 1 aromatic carbocycles. The number of benzene rings is 1. The Morgan fingerprint density at radius 2 is 1.94 bits per heavy atom. The van der Waals surface area contributed by atoms with E-state index in [4.69, 9.17) is 4.74 Å². The molecule has 2 aromatic rings. The Kier molecular flexibility index (Phi) is 2.86. The molecule has 0 aliphatic carbocycles.